The van der Waals surface area contributed by atoms with Gasteiger partial charge in [-0.1, -0.05) is 18.2 Å². The number of hydrogen-bond donors (Lipinski definition) is 1. The number of hydrogen-bond acceptors (Lipinski definition) is 7. The van der Waals surface area contributed by atoms with Crippen LogP contribution in [-0.2, 0) is 14.8 Å². The van der Waals surface area contributed by atoms with Gasteiger partial charge in [0.05, 0.1) is 23.4 Å². The molecule has 1 aliphatic heterocycles. The normalized spacial score (nSPS) is 13.1. The van der Waals surface area contributed by atoms with Crippen molar-refractivity contribution < 1.29 is 27.4 Å². The zero-order chi connectivity index (χ0) is 24.8. The molecule has 4 rings (SSSR count). The number of anilines is 1. The van der Waals surface area contributed by atoms with Crippen molar-refractivity contribution in [3.05, 3.63) is 78.4 Å². The number of methoxy groups -OCH3 is 1. The molecule has 0 saturated carbocycles. The van der Waals surface area contributed by atoms with Crippen LogP contribution in [0.5, 0.6) is 17.2 Å². The summed E-state index contributed by atoms with van der Waals surface area (Å²) in [5.41, 5.74) is 4.03. The second-order valence-electron chi connectivity index (χ2n) is 7.61. The molecule has 1 N–H and O–H groups in total. The van der Waals surface area contributed by atoms with Crippen molar-refractivity contribution in [1.82, 2.24) is 5.43 Å². The monoisotopic (exact) mass is 495 g/mol. The molecule has 3 aromatic rings. The Kier molecular flexibility index (Phi) is 7.21. The third-order valence-electron chi connectivity index (χ3n) is 5.29. The van der Waals surface area contributed by atoms with Gasteiger partial charge in [0.25, 0.3) is 15.9 Å². The van der Waals surface area contributed by atoms with Crippen molar-refractivity contribution in [2.75, 3.05) is 31.2 Å². The van der Waals surface area contributed by atoms with Crippen LogP contribution in [0.4, 0.5) is 5.69 Å². The van der Waals surface area contributed by atoms with Gasteiger partial charge in [-0.05, 0) is 61.5 Å². The largest absolute Gasteiger partial charge is 0.497 e. The maximum absolute atomic E-state index is 13.4. The van der Waals surface area contributed by atoms with Crippen LogP contribution in [0.25, 0.3) is 0 Å². The lowest BCUT2D eigenvalue weighted by Gasteiger charge is -2.24. The standard InChI is InChI=1S/C25H25N3O6S/c1-18(19-8-13-23-24(16-19)34-15-14-33-23)26-27-25(29)17-28(20-9-11-21(32-2)12-10-20)35(30,31)22-6-4-3-5-7-22/h3-13,16H,14-15,17H2,1-2H3,(H,27,29)/b26-18+. The van der Waals surface area contributed by atoms with Gasteiger partial charge in [0.15, 0.2) is 11.5 Å². The minimum absolute atomic E-state index is 0.0691. The fourth-order valence-corrected chi connectivity index (χ4v) is 4.87. The van der Waals surface area contributed by atoms with E-state index in [-0.39, 0.29) is 4.90 Å². The Morgan fingerprint density at radius 2 is 1.69 bits per heavy atom. The highest BCUT2D eigenvalue weighted by molar-refractivity contribution is 7.92. The van der Waals surface area contributed by atoms with Crippen molar-refractivity contribution in [2.45, 2.75) is 11.8 Å². The molecule has 0 spiro atoms. The summed E-state index contributed by atoms with van der Waals surface area (Å²) >= 11 is 0. The topological polar surface area (TPSA) is 107 Å². The SMILES string of the molecule is COc1ccc(N(CC(=O)N/N=C(\C)c2ccc3c(c2)OCCO3)S(=O)(=O)c2ccccc2)cc1. The average Bonchev–Trinajstić information content (AvgIpc) is 2.90. The second kappa shape index (κ2) is 10.5. The number of carbonyl (C=O) groups excluding carboxylic acids is 1. The Morgan fingerprint density at radius 3 is 2.37 bits per heavy atom. The number of nitrogens with one attached hydrogen (secondary N) is 1. The van der Waals surface area contributed by atoms with Gasteiger partial charge in [0.1, 0.15) is 25.5 Å². The quantitative estimate of drug-likeness (QED) is 0.380. The molecule has 0 aromatic heterocycles. The van der Waals surface area contributed by atoms with Crippen LogP contribution >= 0.6 is 0 Å². The molecule has 182 valence electrons. The number of benzene rings is 3. The molecule has 10 heteroatoms. The van der Waals surface area contributed by atoms with E-state index in [0.717, 1.165) is 9.87 Å². The van der Waals surface area contributed by atoms with E-state index in [9.17, 15) is 13.2 Å². The zero-order valence-corrected chi connectivity index (χ0v) is 20.1. The van der Waals surface area contributed by atoms with Crippen molar-refractivity contribution in [3.8, 4) is 17.2 Å². The minimum atomic E-state index is -4.02. The average molecular weight is 496 g/mol. The lowest BCUT2D eigenvalue weighted by molar-refractivity contribution is -0.119. The van der Waals surface area contributed by atoms with Gasteiger partial charge in [-0.25, -0.2) is 13.8 Å². The first-order valence-corrected chi connectivity index (χ1v) is 12.3. The first kappa shape index (κ1) is 24.1. The third-order valence-corrected chi connectivity index (χ3v) is 7.08. The fourth-order valence-electron chi connectivity index (χ4n) is 3.43. The van der Waals surface area contributed by atoms with Gasteiger partial charge in [-0.15, -0.1) is 0 Å². The van der Waals surface area contributed by atoms with Gasteiger partial charge in [0.2, 0.25) is 0 Å². The predicted octanol–water partition coefficient (Wildman–Crippen LogP) is 3.20. The van der Waals surface area contributed by atoms with Crippen molar-refractivity contribution >= 4 is 27.3 Å². The van der Waals surface area contributed by atoms with Crippen molar-refractivity contribution in [3.63, 3.8) is 0 Å². The molecule has 1 heterocycles. The van der Waals surface area contributed by atoms with Crippen LogP contribution in [0, 0.1) is 0 Å². The van der Waals surface area contributed by atoms with Crippen molar-refractivity contribution in [2.24, 2.45) is 5.10 Å². The van der Waals surface area contributed by atoms with Crippen LogP contribution in [0.2, 0.25) is 0 Å². The summed E-state index contributed by atoms with van der Waals surface area (Å²) in [7, 11) is -2.50. The number of rotatable bonds is 8. The summed E-state index contributed by atoms with van der Waals surface area (Å²) in [6.07, 6.45) is 0. The summed E-state index contributed by atoms with van der Waals surface area (Å²) in [5.74, 6) is 1.22. The maximum Gasteiger partial charge on any atom is 0.264 e. The number of sulfonamides is 1. The Morgan fingerprint density at radius 1 is 1.00 bits per heavy atom. The third kappa shape index (κ3) is 5.55. The number of hydrazone groups is 1. The summed E-state index contributed by atoms with van der Waals surface area (Å²) in [6, 6.07) is 19.7. The minimum Gasteiger partial charge on any atom is -0.497 e. The van der Waals surface area contributed by atoms with Gasteiger partial charge in [-0.2, -0.15) is 5.10 Å². The van der Waals surface area contributed by atoms with Crippen LogP contribution in [0.1, 0.15) is 12.5 Å². The highest BCUT2D eigenvalue weighted by Crippen LogP contribution is 2.31. The molecule has 1 amide bonds. The number of amides is 1. The lowest BCUT2D eigenvalue weighted by Crippen LogP contribution is -2.39. The number of nitrogens with zero attached hydrogens (tertiary/aromatic N) is 2. The molecule has 35 heavy (non-hydrogen) atoms. The van der Waals surface area contributed by atoms with Gasteiger partial charge >= 0.3 is 0 Å². The first-order chi connectivity index (χ1) is 16.9. The van der Waals surface area contributed by atoms with Crippen LogP contribution in [0.3, 0.4) is 0 Å². The number of carbonyl (C=O) groups is 1. The number of ether oxygens (including phenoxy) is 3. The summed E-state index contributed by atoms with van der Waals surface area (Å²) in [6.45, 7) is 2.21. The number of fused-ring (bicyclic) bond motifs is 1. The first-order valence-electron chi connectivity index (χ1n) is 10.8. The summed E-state index contributed by atoms with van der Waals surface area (Å²) < 4.78 is 44.0. The fraction of sp³-hybridized carbons (Fsp3) is 0.200. The second-order valence-corrected chi connectivity index (χ2v) is 9.48. The molecule has 0 aliphatic carbocycles. The van der Waals surface area contributed by atoms with Crippen LogP contribution in [-0.4, -0.2) is 46.9 Å². The molecule has 0 saturated heterocycles. The van der Waals surface area contributed by atoms with E-state index in [0.29, 0.717) is 41.9 Å². The van der Waals surface area contributed by atoms with E-state index < -0.39 is 22.5 Å². The van der Waals surface area contributed by atoms with E-state index >= 15 is 0 Å². The van der Waals surface area contributed by atoms with Crippen LogP contribution < -0.4 is 23.9 Å². The molecule has 3 aromatic carbocycles. The van der Waals surface area contributed by atoms with Crippen LogP contribution in [0.15, 0.2) is 82.8 Å². The lowest BCUT2D eigenvalue weighted by atomic mass is 10.1. The Balaban J connectivity index is 1.55. The highest BCUT2D eigenvalue weighted by Gasteiger charge is 2.27. The molecule has 0 unspecified atom stereocenters. The van der Waals surface area contributed by atoms with E-state index in [1.54, 1.807) is 61.5 Å². The van der Waals surface area contributed by atoms with E-state index in [1.807, 2.05) is 6.07 Å². The smallest absolute Gasteiger partial charge is 0.264 e. The molecule has 0 radical (unpaired) electrons. The zero-order valence-electron chi connectivity index (χ0n) is 19.3. The molecule has 1 aliphatic rings. The molecule has 9 nitrogen and oxygen atoms in total. The van der Waals surface area contributed by atoms with Gasteiger partial charge in [0, 0.05) is 5.56 Å². The summed E-state index contributed by atoms with van der Waals surface area (Å²) in [4.78, 5) is 12.9. The molecule has 0 fully saturated rings. The maximum atomic E-state index is 13.4. The predicted molar refractivity (Wildman–Crippen MR) is 132 cm³/mol. The highest BCUT2D eigenvalue weighted by atomic mass is 32.2. The van der Waals surface area contributed by atoms with Gasteiger partial charge in [-0.3, -0.25) is 9.10 Å². The molecule has 0 atom stereocenters. The molecular weight excluding hydrogens is 470 g/mol. The van der Waals surface area contributed by atoms with Crippen molar-refractivity contribution in [1.29, 1.82) is 0 Å². The summed E-state index contributed by atoms with van der Waals surface area (Å²) in [5, 5.41) is 4.15. The van der Waals surface area contributed by atoms with E-state index in [4.69, 9.17) is 14.2 Å². The Labute approximate surface area is 204 Å². The Bertz CT molecular complexity index is 1330. The van der Waals surface area contributed by atoms with E-state index in [1.165, 1.54) is 19.2 Å². The van der Waals surface area contributed by atoms with Gasteiger partial charge < -0.3 is 14.2 Å². The Hall–Kier alpha value is -4.05. The molecule has 0 bridgehead atoms. The van der Waals surface area contributed by atoms with E-state index in [2.05, 4.69) is 10.5 Å². The molecular formula is C25H25N3O6S.